The number of aromatic nitrogens is 3. The summed E-state index contributed by atoms with van der Waals surface area (Å²) in [6.45, 7) is 7.70. The van der Waals surface area contributed by atoms with Gasteiger partial charge in [0.15, 0.2) is 0 Å². The highest BCUT2D eigenvalue weighted by Gasteiger charge is 2.41. The molecule has 2 aliphatic heterocycles. The normalized spacial score (nSPS) is 20.3. The number of hydrogen-bond acceptors (Lipinski definition) is 4. The average molecular weight is 367 g/mol. The van der Waals surface area contributed by atoms with Gasteiger partial charge in [-0.05, 0) is 50.3 Å². The van der Waals surface area contributed by atoms with Gasteiger partial charge in [0.2, 0.25) is 5.91 Å². The van der Waals surface area contributed by atoms with Crippen LogP contribution in [0.4, 0.5) is 0 Å². The minimum absolute atomic E-state index is 0.289. The molecule has 0 unspecified atom stereocenters. The molecule has 2 aliphatic rings. The molecule has 0 atom stereocenters. The van der Waals surface area contributed by atoms with Crippen LogP contribution >= 0.6 is 0 Å². The Hall–Kier alpha value is -2.21. The molecule has 144 valence electrons. The summed E-state index contributed by atoms with van der Waals surface area (Å²) < 4.78 is 2.12. The number of aryl methyl sites for hydroxylation is 1. The van der Waals surface area contributed by atoms with Crippen molar-refractivity contribution < 1.29 is 4.79 Å². The zero-order valence-electron chi connectivity index (χ0n) is 16.2. The second-order valence-corrected chi connectivity index (χ2v) is 8.04. The molecule has 0 aliphatic carbocycles. The maximum atomic E-state index is 12.5. The third-order valence-electron chi connectivity index (χ3n) is 6.28. The van der Waals surface area contributed by atoms with Gasteiger partial charge < -0.3 is 9.47 Å². The number of hydrogen-bond donors (Lipinski definition) is 0. The van der Waals surface area contributed by atoms with Crippen LogP contribution in [0.2, 0.25) is 0 Å². The first-order chi connectivity index (χ1) is 13.2. The maximum absolute atomic E-state index is 12.5. The molecule has 2 fully saturated rings. The van der Waals surface area contributed by atoms with Crippen molar-refractivity contribution in [1.29, 1.82) is 0 Å². The Labute approximate surface area is 161 Å². The zero-order chi connectivity index (χ0) is 18.7. The summed E-state index contributed by atoms with van der Waals surface area (Å²) in [4.78, 5) is 17.0. The van der Waals surface area contributed by atoms with Crippen molar-refractivity contribution in [2.45, 2.75) is 52.2 Å². The zero-order valence-corrected chi connectivity index (χ0v) is 16.2. The van der Waals surface area contributed by atoms with E-state index in [-0.39, 0.29) is 5.41 Å². The highest BCUT2D eigenvalue weighted by Crippen LogP contribution is 2.40. The quantitative estimate of drug-likeness (QED) is 0.815. The second kappa shape index (κ2) is 7.80. The summed E-state index contributed by atoms with van der Waals surface area (Å²) in [5.41, 5.74) is 1.51. The molecule has 4 rings (SSSR count). The van der Waals surface area contributed by atoms with Crippen LogP contribution in [0.1, 0.15) is 44.0 Å². The van der Waals surface area contributed by atoms with E-state index in [9.17, 15) is 4.79 Å². The highest BCUT2D eigenvalue weighted by molar-refractivity contribution is 5.77. The van der Waals surface area contributed by atoms with Crippen molar-refractivity contribution in [2.24, 2.45) is 5.41 Å². The molecule has 6 nitrogen and oxygen atoms in total. The van der Waals surface area contributed by atoms with Crippen molar-refractivity contribution in [3.05, 3.63) is 48.0 Å². The monoisotopic (exact) mass is 367 g/mol. The van der Waals surface area contributed by atoms with Crippen LogP contribution < -0.4 is 0 Å². The van der Waals surface area contributed by atoms with Crippen LogP contribution in [0.3, 0.4) is 0 Å². The lowest BCUT2D eigenvalue weighted by Crippen LogP contribution is -2.51. The third kappa shape index (κ3) is 4.05. The average Bonchev–Trinajstić information content (AvgIpc) is 3.15. The van der Waals surface area contributed by atoms with Gasteiger partial charge >= 0.3 is 0 Å². The largest absolute Gasteiger partial charge is 0.338 e. The number of benzene rings is 1. The van der Waals surface area contributed by atoms with E-state index in [1.807, 2.05) is 24.5 Å². The minimum atomic E-state index is 0.289. The van der Waals surface area contributed by atoms with Crippen molar-refractivity contribution in [2.75, 3.05) is 19.6 Å². The number of amides is 1. The van der Waals surface area contributed by atoms with E-state index in [0.717, 1.165) is 64.4 Å². The molecule has 2 saturated heterocycles. The molecule has 0 bridgehead atoms. The Morgan fingerprint density at radius 3 is 2.59 bits per heavy atom. The Balaban J connectivity index is 1.36. The fourth-order valence-electron chi connectivity index (χ4n) is 4.51. The predicted octanol–water partition coefficient (Wildman–Crippen LogP) is 2.70. The Kier molecular flexibility index (Phi) is 5.25. The smallest absolute Gasteiger partial charge is 0.222 e. The lowest BCUT2D eigenvalue weighted by Gasteiger charge is -2.47. The molecule has 6 heteroatoms. The van der Waals surface area contributed by atoms with Crippen molar-refractivity contribution in [3.8, 4) is 0 Å². The van der Waals surface area contributed by atoms with E-state index < -0.39 is 0 Å². The lowest BCUT2D eigenvalue weighted by molar-refractivity contribution is -0.140. The first-order valence-electron chi connectivity index (χ1n) is 10.1. The van der Waals surface area contributed by atoms with E-state index in [0.29, 0.717) is 12.3 Å². The fraction of sp³-hybridized carbons (Fsp3) is 0.571. The molecule has 27 heavy (non-hydrogen) atoms. The summed E-state index contributed by atoms with van der Waals surface area (Å²) in [6.07, 6.45) is 5.86. The van der Waals surface area contributed by atoms with E-state index in [2.05, 4.69) is 43.6 Å². The van der Waals surface area contributed by atoms with Crippen LogP contribution in [-0.4, -0.2) is 50.1 Å². The molecule has 1 amide bonds. The summed E-state index contributed by atoms with van der Waals surface area (Å²) in [5.74, 6) is 1.36. The topological polar surface area (TPSA) is 54.3 Å². The van der Waals surface area contributed by atoms with Crippen molar-refractivity contribution in [1.82, 2.24) is 24.6 Å². The summed E-state index contributed by atoms with van der Waals surface area (Å²) in [6, 6.07) is 10.3. The van der Waals surface area contributed by atoms with Gasteiger partial charge in [-0.25, -0.2) is 0 Å². The Bertz CT molecular complexity index is 764. The molecule has 2 aromatic rings. The van der Waals surface area contributed by atoms with Crippen molar-refractivity contribution >= 4 is 5.91 Å². The van der Waals surface area contributed by atoms with Crippen LogP contribution in [-0.2, 0) is 24.4 Å². The molecule has 1 aromatic carbocycles. The molecule has 3 heterocycles. The molecule has 0 saturated carbocycles. The van der Waals surface area contributed by atoms with Crippen LogP contribution in [0.5, 0.6) is 0 Å². The van der Waals surface area contributed by atoms with Gasteiger partial charge in [-0.15, -0.1) is 10.2 Å². The van der Waals surface area contributed by atoms with Gasteiger partial charge in [0.1, 0.15) is 12.2 Å². The van der Waals surface area contributed by atoms with E-state index in [1.165, 1.54) is 5.56 Å². The molecular weight excluding hydrogens is 338 g/mol. The van der Waals surface area contributed by atoms with Gasteiger partial charge in [-0.2, -0.15) is 0 Å². The van der Waals surface area contributed by atoms with E-state index >= 15 is 0 Å². The van der Waals surface area contributed by atoms with Crippen LogP contribution in [0.15, 0.2) is 36.7 Å². The predicted molar refractivity (Wildman–Crippen MR) is 104 cm³/mol. The standard InChI is InChI=1S/C21H29N5O/c1-2-25-17-22-23-19(25)15-24-12-10-21(11-13-24)9-8-20(27)26(16-21)14-18-6-4-3-5-7-18/h3-7,17H,2,8-16H2,1H3. The first-order valence-corrected chi connectivity index (χ1v) is 10.1. The number of nitrogens with zero attached hydrogens (tertiary/aromatic N) is 5. The van der Waals surface area contributed by atoms with Gasteiger partial charge in [0.25, 0.3) is 0 Å². The van der Waals surface area contributed by atoms with Crippen LogP contribution in [0.25, 0.3) is 0 Å². The third-order valence-corrected chi connectivity index (χ3v) is 6.28. The SMILES string of the molecule is CCn1cnnc1CN1CCC2(CCC(=O)N(Cc3ccccc3)C2)CC1. The van der Waals surface area contributed by atoms with Gasteiger partial charge in [-0.3, -0.25) is 9.69 Å². The van der Waals surface area contributed by atoms with Crippen LogP contribution in [0, 0.1) is 5.41 Å². The van der Waals surface area contributed by atoms with Crippen molar-refractivity contribution in [3.63, 3.8) is 0 Å². The highest BCUT2D eigenvalue weighted by atomic mass is 16.2. The Morgan fingerprint density at radius 2 is 1.85 bits per heavy atom. The molecular formula is C21H29N5O. The molecule has 1 spiro atoms. The van der Waals surface area contributed by atoms with Gasteiger partial charge in [0.05, 0.1) is 6.54 Å². The number of rotatable bonds is 5. The number of carbonyl (C=O) groups is 1. The van der Waals surface area contributed by atoms with Gasteiger partial charge in [0, 0.05) is 26.1 Å². The summed E-state index contributed by atoms with van der Waals surface area (Å²) >= 11 is 0. The number of likely N-dealkylation sites (tertiary alicyclic amines) is 2. The fourth-order valence-corrected chi connectivity index (χ4v) is 4.51. The summed E-state index contributed by atoms with van der Waals surface area (Å²) in [5, 5.41) is 8.31. The number of piperidine rings is 2. The Morgan fingerprint density at radius 1 is 1.07 bits per heavy atom. The molecule has 0 radical (unpaired) electrons. The molecule has 1 aromatic heterocycles. The number of carbonyl (C=O) groups excluding carboxylic acids is 1. The van der Waals surface area contributed by atoms with E-state index in [1.54, 1.807) is 0 Å². The lowest BCUT2D eigenvalue weighted by atomic mass is 9.72. The first kappa shape index (κ1) is 18.2. The maximum Gasteiger partial charge on any atom is 0.222 e. The second-order valence-electron chi connectivity index (χ2n) is 8.04. The summed E-state index contributed by atoms with van der Waals surface area (Å²) in [7, 11) is 0. The van der Waals surface area contributed by atoms with E-state index in [4.69, 9.17) is 0 Å². The van der Waals surface area contributed by atoms with Gasteiger partial charge in [-0.1, -0.05) is 30.3 Å². The minimum Gasteiger partial charge on any atom is -0.338 e. The molecule has 0 N–H and O–H groups in total.